The van der Waals surface area contributed by atoms with Gasteiger partial charge in [0, 0.05) is 125 Å². The van der Waals surface area contributed by atoms with E-state index in [1.807, 2.05) is 62.0 Å². The van der Waals surface area contributed by atoms with Crippen LogP contribution in [0.25, 0.3) is 175 Å². The molecule has 0 radical (unpaired) electrons. The van der Waals surface area contributed by atoms with Crippen molar-refractivity contribution in [2.75, 3.05) is 0 Å². The van der Waals surface area contributed by atoms with Crippen molar-refractivity contribution >= 4 is 130 Å². The number of rotatable bonds is 4. The highest BCUT2D eigenvalue weighted by Gasteiger charge is 2.30. The summed E-state index contributed by atoms with van der Waals surface area (Å²) in [6, 6.07) is 83.5. The smallest absolute Gasteiger partial charge is 0.237 e. The molecule has 0 saturated heterocycles. The SMILES string of the molecule is Cc1ccc(-c2c3c(c(C)c[n+]2C)c2c4ccccc4ccc2n3C)c(C)c1.Cc1ccc2c(ccc3c2c2cc[n+](C)c(-c4ccccc4C)c2n3C)c1.Cc1ccccc1-c1c2c(cc[n+]1C)c1c3ccccc3ccc1n2C.[2H]C([2H])([2H])c1ccc(-c2c3c(c(C([2H])([2H])[2H])c[n+]2C)c2c4ccccc4ccc2n3C)c(C)c1. The zero-order chi connectivity index (χ0) is 80.7. The van der Waals surface area contributed by atoms with Crippen LogP contribution in [-0.4, -0.2) is 18.3 Å². The van der Waals surface area contributed by atoms with Crippen molar-refractivity contribution in [3.8, 4) is 45.0 Å². The Morgan fingerprint density at radius 1 is 0.248 bits per heavy atom. The Kier molecular flexibility index (Phi) is 15.6. The van der Waals surface area contributed by atoms with Crippen LogP contribution in [0.5, 0.6) is 0 Å². The van der Waals surface area contributed by atoms with E-state index in [9.17, 15) is 0 Å². The lowest BCUT2D eigenvalue weighted by molar-refractivity contribution is -0.659. The van der Waals surface area contributed by atoms with E-state index in [1.54, 1.807) is 18.3 Å². The third-order valence-electron chi connectivity index (χ3n) is 23.2. The van der Waals surface area contributed by atoms with E-state index in [1.165, 1.54) is 165 Å². The minimum absolute atomic E-state index is 0.287. The summed E-state index contributed by atoms with van der Waals surface area (Å²) in [5.74, 6) is 0. The lowest BCUT2D eigenvalue weighted by Crippen LogP contribution is -2.32. The van der Waals surface area contributed by atoms with Crippen LogP contribution in [0.1, 0.15) is 58.3 Å². The van der Waals surface area contributed by atoms with Crippen LogP contribution in [0.15, 0.2) is 261 Å². The normalized spacial score (nSPS) is 12.8. The van der Waals surface area contributed by atoms with Gasteiger partial charge in [-0.2, -0.15) is 18.3 Å². The summed E-state index contributed by atoms with van der Waals surface area (Å²) in [6.45, 7) is 10.5. The van der Waals surface area contributed by atoms with Gasteiger partial charge in [0.25, 0.3) is 0 Å². The largest absolute Gasteiger partial charge is 0.338 e. The summed E-state index contributed by atoms with van der Waals surface area (Å²) in [5.41, 5.74) is 28.1. The Bertz CT molecular complexity index is 7450. The molecule has 8 aromatic heterocycles. The fraction of sp³-hybridized carbons (Fsp3) is 0.168. The standard InChI is InChI=1S/2C26H25N2.C25H23N2.C24H21N2/c2*1-16-10-12-20(17(2)14-16)25-26-23(18(3)15-27(25)4)24-21-9-7-6-8-19(21)11-13-22(24)28(26)5;1-16-9-11-20-18(15-16)10-12-22-23(20)21-13-14-26(3)24(25(21)27(22)4)19-8-6-5-7-17(19)2;1-16-8-4-6-10-18(16)23-24-20(14-15-25(23)2)22-19-11-7-5-9-17(19)12-13-21(22)26(24)3/h2*6-15H,1-5H3;5-15H,1-4H3;4-15H,1-3H3/q4*+1/i1D3,3D3;;;. The van der Waals surface area contributed by atoms with Crippen LogP contribution in [-0.2, 0) is 56.4 Å². The Morgan fingerprint density at radius 3 is 1.06 bits per heavy atom. The average molecular weight is 1430 g/mol. The van der Waals surface area contributed by atoms with Gasteiger partial charge in [0.1, 0.15) is 50.3 Å². The van der Waals surface area contributed by atoms with Crippen LogP contribution in [0.4, 0.5) is 0 Å². The third kappa shape index (κ3) is 11.3. The minimum atomic E-state index is -2.31. The molecule has 0 amide bonds. The highest BCUT2D eigenvalue weighted by atomic mass is 15.0. The first kappa shape index (κ1) is 62.7. The van der Waals surface area contributed by atoms with E-state index in [0.29, 0.717) is 10.9 Å². The van der Waals surface area contributed by atoms with Gasteiger partial charge in [0.15, 0.2) is 24.8 Å². The maximum absolute atomic E-state index is 8.31. The van der Waals surface area contributed by atoms with Gasteiger partial charge in [-0.1, -0.05) is 193 Å². The summed E-state index contributed by atoms with van der Waals surface area (Å²) in [5, 5.41) is 19.6. The molecule has 8 heteroatoms. The summed E-state index contributed by atoms with van der Waals surface area (Å²) < 4.78 is 66.0. The Hall–Kier alpha value is -12.5. The fourth-order valence-electron chi connectivity index (χ4n) is 18.1. The number of hydrogen-bond acceptors (Lipinski definition) is 0. The maximum Gasteiger partial charge on any atom is 0.237 e. The van der Waals surface area contributed by atoms with Gasteiger partial charge in [-0.3, -0.25) is 0 Å². The molecular weight excluding hydrogens is 1330 g/mol. The average Bonchev–Trinajstić information content (AvgIpc) is 1.57. The van der Waals surface area contributed by atoms with Crippen LogP contribution >= 0.6 is 0 Å². The molecule has 0 aliphatic heterocycles. The maximum atomic E-state index is 8.31. The zero-order valence-corrected chi connectivity index (χ0v) is 64.9. The van der Waals surface area contributed by atoms with Crippen LogP contribution in [0.3, 0.4) is 0 Å². The molecule has 0 aliphatic carbocycles. The van der Waals surface area contributed by atoms with Crippen molar-refractivity contribution in [1.82, 2.24) is 18.3 Å². The van der Waals surface area contributed by atoms with E-state index in [4.69, 9.17) is 8.22 Å². The van der Waals surface area contributed by atoms with Crippen molar-refractivity contribution in [2.24, 2.45) is 56.4 Å². The molecule has 109 heavy (non-hydrogen) atoms. The van der Waals surface area contributed by atoms with Crippen LogP contribution in [0, 0.1) is 62.2 Å². The van der Waals surface area contributed by atoms with Crippen molar-refractivity contribution in [3.05, 3.63) is 311 Å². The molecule has 0 bridgehead atoms. The van der Waals surface area contributed by atoms with Crippen molar-refractivity contribution in [1.29, 1.82) is 0 Å². The second-order valence-corrected chi connectivity index (χ2v) is 30.2. The molecule has 0 spiro atoms. The number of pyridine rings is 4. The highest BCUT2D eigenvalue weighted by molar-refractivity contribution is 6.26. The molecule has 8 heterocycles. The van der Waals surface area contributed by atoms with Gasteiger partial charge in [-0.05, 0) is 176 Å². The van der Waals surface area contributed by atoms with E-state index in [0.717, 1.165) is 44.0 Å². The molecule has 0 unspecified atom stereocenters. The molecular formula is C101H94N8+4. The first-order valence-electron chi connectivity index (χ1n) is 40.6. The Labute approximate surface area is 646 Å². The predicted molar refractivity (Wildman–Crippen MR) is 461 cm³/mol. The molecule has 0 aliphatic rings. The van der Waals surface area contributed by atoms with Gasteiger partial charge in [0.2, 0.25) is 22.8 Å². The van der Waals surface area contributed by atoms with Gasteiger partial charge >= 0.3 is 0 Å². The number of nitrogens with zero attached hydrogens (tertiary/aromatic N) is 8. The molecule has 20 aromatic rings. The molecule has 20 rings (SSSR count). The lowest BCUT2D eigenvalue weighted by atomic mass is 9.98. The number of benzene rings is 12. The summed E-state index contributed by atoms with van der Waals surface area (Å²) in [6.07, 6.45) is 8.35. The number of hydrogen-bond donors (Lipinski definition) is 0. The molecule has 534 valence electrons. The van der Waals surface area contributed by atoms with E-state index in [-0.39, 0.29) is 5.56 Å². The van der Waals surface area contributed by atoms with Crippen molar-refractivity contribution in [2.45, 2.75) is 62.2 Å². The number of aromatic nitrogens is 8. The van der Waals surface area contributed by atoms with Gasteiger partial charge < -0.3 is 18.3 Å². The van der Waals surface area contributed by atoms with Gasteiger partial charge in [-0.15, -0.1) is 0 Å². The second kappa shape index (κ2) is 27.1. The minimum Gasteiger partial charge on any atom is -0.338 e. The number of fused-ring (bicyclic) bond motifs is 20. The fourth-order valence-corrected chi connectivity index (χ4v) is 18.1. The van der Waals surface area contributed by atoms with Crippen LogP contribution < -0.4 is 18.3 Å². The van der Waals surface area contributed by atoms with Gasteiger partial charge in [0.05, 0.1) is 22.3 Å². The molecule has 0 N–H and O–H groups in total. The quantitative estimate of drug-likeness (QED) is 0.157. The highest BCUT2D eigenvalue weighted by Crippen LogP contribution is 2.44. The summed E-state index contributed by atoms with van der Waals surface area (Å²) in [4.78, 5) is 0. The number of aryl methyl sites for hydroxylation is 17. The molecule has 12 aromatic carbocycles. The molecule has 0 atom stereocenters. The second-order valence-electron chi connectivity index (χ2n) is 30.2. The Morgan fingerprint density at radius 2 is 0.596 bits per heavy atom. The van der Waals surface area contributed by atoms with Gasteiger partial charge in [-0.25, -0.2) is 0 Å². The molecule has 8 nitrogen and oxygen atoms in total. The van der Waals surface area contributed by atoms with Crippen LogP contribution in [0.2, 0.25) is 0 Å². The van der Waals surface area contributed by atoms with E-state index < -0.39 is 13.7 Å². The predicted octanol–water partition coefficient (Wildman–Crippen LogP) is 22.7. The Balaban J connectivity index is 0.000000111. The van der Waals surface area contributed by atoms with Crippen molar-refractivity contribution < 1.29 is 26.5 Å². The lowest BCUT2D eigenvalue weighted by Gasteiger charge is -2.10. The molecule has 0 fully saturated rings. The first-order valence-corrected chi connectivity index (χ1v) is 37.6. The summed E-state index contributed by atoms with van der Waals surface area (Å²) in [7, 11) is 16.8. The van der Waals surface area contributed by atoms with E-state index >= 15 is 0 Å². The topological polar surface area (TPSA) is 35.2 Å². The van der Waals surface area contributed by atoms with Crippen molar-refractivity contribution in [3.63, 3.8) is 0 Å². The van der Waals surface area contributed by atoms with E-state index in [2.05, 4.69) is 322 Å². The summed E-state index contributed by atoms with van der Waals surface area (Å²) >= 11 is 0. The monoisotopic (exact) mass is 1420 g/mol. The zero-order valence-electron chi connectivity index (χ0n) is 70.9. The third-order valence-corrected chi connectivity index (χ3v) is 23.2. The molecule has 0 saturated carbocycles. The first-order chi connectivity index (χ1) is 55.1.